The second-order valence-electron chi connectivity index (χ2n) is 10.4. The van der Waals surface area contributed by atoms with E-state index in [0.29, 0.717) is 31.9 Å². The molecule has 210 valence electrons. The molecule has 5 rings (SSSR count). The predicted molar refractivity (Wildman–Crippen MR) is 147 cm³/mol. The van der Waals surface area contributed by atoms with Gasteiger partial charge in [-0.05, 0) is 38.1 Å². The van der Waals surface area contributed by atoms with Gasteiger partial charge in [-0.3, -0.25) is 24.7 Å². The highest BCUT2D eigenvalue weighted by atomic mass is 16.5. The van der Waals surface area contributed by atoms with E-state index < -0.39 is 35.5 Å². The first-order valence-electron chi connectivity index (χ1n) is 13.3. The topological polar surface area (TPSA) is 136 Å². The highest BCUT2D eigenvalue weighted by Crippen LogP contribution is 2.38. The van der Waals surface area contributed by atoms with Crippen LogP contribution < -0.4 is 15.1 Å². The minimum absolute atomic E-state index is 0.0259. The third kappa shape index (κ3) is 5.00. The fourth-order valence-electron chi connectivity index (χ4n) is 5.89. The molecular weight excluding hydrogens is 514 g/mol. The zero-order chi connectivity index (χ0) is 28.4. The number of fused-ring (bicyclic) bond motifs is 1. The lowest BCUT2D eigenvalue weighted by Crippen LogP contribution is -2.71. The highest BCUT2D eigenvalue weighted by Gasteiger charge is 2.57. The molecule has 11 nitrogen and oxygen atoms in total. The summed E-state index contributed by atoms with van der Waals surface area (Å²) in [7, 11) is 0. The van der Waals surface area contributed by atoms with E-state index in [2.05, 4.69) is 9.88 Å². The first kappa shape index (κ1) is 27.2. The zero-order valence-electron chi connectivity index (χ0n) is 22.5. The van der Waals surface area contributed by atoms with Crippen molar-refractivity contribution in [2.45, 2.75) is 31.9 Å². The molecule has 3 N–H and O–H groups in total. The molecule has 0 aliphatic carbocycles. The van der Waals surface area contributed by atoms with Gasteiger partial charge in [0.05, 0.1) is 18.0 Å². The van der Waals surface area contributed by atoms with Crippen LogP contribution in [-0.2, 0) is 9.59 Å². The number of aromatic nitrogens is 1. The fraction of sp³-hybridized carbons (Fsp3) is 0.379. The smallest absolute Gasteiger partial charge is 0.408 e. The number of anilines is 1. The van der Waals surface area contributed by atoms with Crippen LogP contribution in [0.1, 0.15) is 19.0 Å². The lowest BCUT2D eigenvalue weighted by molar-refractivity contribution is -0.161. The van der Waals surface area contributed by atoms with Gasteiger partial charge >= 0.3 is 6.09 Å². The van der Waals surface area contributed by atoms with E-state index >= 15 is 0 Å². The molecule has 2 aromatic carbocycles. The fourth-order valence-corrected chi connectivity index (χ4v) is 5.89. The number of nitrogens with one attached hydrogen (secondary N) is 1. The number of piperidine rings is 1. The average molecular weight is 548 g/mol. The van der Waals surface area contributed by atoms with Crippen LogP contribution in [0, 0.1) is 12.8 Å². The van der Waals surface area contributed by atoms with Crippen molar-refractivity contribution in [3.63, 3.8) is 0 Å². The number of ether oxygens (including phenoxy) is 1. The number of aryl methyl sites for hydroxylation is 1. The summed E-state index contributed by atoms with van der Waals surface area (Å²) in [5.41, 5.74) is 2.40. The Balaban J connectivity index is 1.41. The maximum atomic E-state index is 14.0. The van der Waals surface area contributed by atoms with Crippen LogP contribution in [0.2, 0.25) is 0 Å². The summed E-state index contributed by atoms with van der Waals surface area (Å²) in [6.07, 6.45) is -2.07. The van der Waals surface area contributed by atoms with Crippen molar-refractivity contribution in [1.82, 2.24) is 20.3 Å². The van der Waals surface area contributed by atoms with Gasteiger partial charge in [0.15, 0.2) is 0 Å². The molecule has 0 unspecified atom stereocenters. The van der Waals surface area contributed by atoms with Gasteiger partial charge in [-0.2, -0.15) is 0 Å². The number of hydrogen-bond donors (Lipinski definition) is 3. The van der Waals surface area contributed by atoms with Crippen LogP contribution in [0.25, 0.3) is 10.9 Å². The number of carbonyl (C=O) groups excluding carboxylic acids is 2. The maximum absolute atomic E-state index is 14.0. The van der Waals surface area contributed by atoms with Crippen molar-refractivity contribution in [2.75, 3.05) is 37.6 Å². The molecule has 1 aromatic heterocycles. The number of likely N-dealkylation sites (tertiary alicyclic amines) is 1. The quantitative estimate of drug-likeness (QED) is 0.328. The summed E-state index contributed by atoms with van der Waals surface area (Å²) < 4.78 is 6.30. The number of rotatable bonds is 5. The summed E-state index contributed by atoms with van der Waals surface area (Å²) in [6.45, 7) is 5.03. The Hall–Kier alpha value is -4.38. The minimum Gasteiger partial charge on any atom is -0.488 e. The first-order chi connectivity index (χ1) is 19.2. The number of piperazine rings is 1. The van der Waals surface area contributed by atoms with Gasteiger partial charge in [0.1, 0.15) is 17.4 Å². The molecular formula is C29H33N5O6. The summed E-state index contributed by atoms with van der Waals surface area (Å²) >= 11 is 0. The number of hydrogen-bond acceptors (Lipinski definition) is 7. The molecule has 2 aliphatic heterocycles. The Morgan fingerprint density at radius 3 is 2.38 bits per heavy atom. The lowest BCUT2D eigenvalue weighted by Gasteiger charge is -2.51. The standard InChI is InChI=1S/C29H33N5O6/c1-19-16-25(22-10-6-7-11-24(22)30-19)40-21-17-23(26(35)31-39)29(2,34(18-21)28(37)38)27(36)33-14-12-32(13-15-33)20-8-4-3-5-9-20/h3-11,16,21,23,39H,12-15,17-18H2,1-2H3,(H,31,35)(H,37,38)/t21-,23+,29-/m0/s1. The number of nitrogens with zero attached hydrogens (tertiary/aromatic N) is 4. The molecule has 3 heterocycles. The molecule has 3 aromatic rings. The Bertz CT molecular complexity index is 1410. The van der Waals surface area contributed by atoms with Crippen LogP contribution in [-0.4, -0.2) is 87.4 Å². The minimum atomic E-state index is -1.75. The van der Waals surface area contributed by atoms with E-state index in [4.69, 9.17) is 4.74 Å². The number of amides is 3. The molecule has 2 saturated heterocycles. The van der Waals surface area contributed by atoms with Gasteiger partial charge < -0.3 is 19.6 Å². The molecule has 40 heavy (non-hydrogen) atoms. The van der Waals surface area contributed by atoms with Crippen LogP contribution in [0.4, 0.5) is 10.5 Å². The Labute approximate surface area is 231 Å². The molecule has 0 radical (unpaired) electrons. The SMILES string of the molecule is Cc1cc(O[C@H]2C[C@H](C(=O)NO)[C@@](C)(C(=O)N3CCN(c4ccccc4)CC3)N(C(=O)O)C2)c2ccccc2n1. The first-order valence-corrected chi connectivity index (χ1v) is 13.3. The summed E-state index contributed by atoms with van der Waals surface area (Å²) in [6, 6.07) is 19.0. The van der Waals surface area contributed by atoms with Crippen molar-refractivity contribution in [3.8, 4) is 5.75 Å². The van der Waals surface area contributed by atoms with Crippen LogP contribution in [0.3, 0.4) is 0 Å². The van der Waals surface area contributed by atoms with Crippen molar-refractivity contribution >= 4 is 34.5 Å². The lowest BCUT2D eigenvalue weighted by atomic mass is 9.75. The number of hydroxylamine groups is 1. The van der Waals surface area contributed by atoms with Crippen molar-refractivity contribution in [2.24, 2.45) is 5.92 Å². The van der Waals surface area contributed by atoms with Crippen molar-refractivity contribution < 1.29 is 29.4 Å². The number of benzene rings is 2. The second kappa shape index (κ2) is 11.0. The molecule has 2 fully saturated rings. The molecule has 3 atom stereocenters. The summed E-state index contributed by atoms with van der Waals surface area (Å²) in [4.78, 5) is 48.9. The summed E-state index contributed by atoms with van der Waals surface area (Å²) in [5, 5.41) is 20.6. The highest BCUT2D eigenvalue weighted by molar-refractivity contribution is 5.96. The van der Waals surface area contributed by atoms with Crippen LogP contribution in [0.5, 0.6) is 5.75 Å². The second-order valence-corrected chi connectivity index (χ2v) is 10.4. The van der Waals surface area contributed by atoms with Gasteiger partial charge in [0.25, 0.3) is 0 Å². The van der Waals surface area contributed by atoms with Crippen molar-refractivity contribution in [3.05, 3.63) is 66.4 Å². The van der Waals surface area contributed by atoms with Gasteiger partial charge in [-0.25, -0.2) is 10.3 Å². The molecule has 2 aliphatic rings. The zero-order valence-corrected chi connectivity index (χ0v) is 22.5. The van der Waals surface area contributed by atoms with Crippen LogP contribution in [0.15, 0.2) is 60.7 Å². The molecule has 11 heteroatoms. The van der Waals surface area contributed by atoms with E-state index in [0.717, 1.165) is 27.2 Å². The van der Waals surface area contributed by atoms with Gasteiger partial charge in [-0.1, -0.05) is 30.3 Å². The molecule has 0 saturated carbocycles. The predicted octanol–water partition coefficient (Wildman–Crippen LogP) is 2.90. The van der Waals surface area contributed by atoms with Gasteiger partial charge in [0.2, 0.25) is 11.8 Å². The Morgan fingerprint density at radius 2 is 1.70 bits per heavy atom. The number of carbonyl (C=O) groups is 3. The van der Waals surface area contributed by atoms with Crippen molar-refractivity contribution in [1.29, 1.82) is 0 Å². The summed E-state index contributed by atoms with van der Waals surface area (Å²) in [5.74, 6) is -2.00. The van der Waals surface area contributed by atoms with E-state index in [1.54, 1.807) is 16.4 Å². The number of para-hydroxylation sites is 2. The van der Waals surface area contributed by atoms with Gasteiger partial charge in [0, 0.05) is 55.4 Å². The molecule has 3 amide bonds. The molecule has 0 bridgehead atoms. The largest absolute Gasteiger partial charge is 0.488 e. The monoisotopic (exact) mass is 547 g/mol. The Kier molecular flexibility index (Phi) is 7.49. The normalized spacial score (nSPS) is 23.1. The van der Waals surface area contributed by atoms with E-state index in [1.807, 2.05) is 61.5 Å². The molecule has 0 spiro atoms. The maximum Gasteiger partial charge on any atom is 0.408 e. The van der Waals surface area contributed by atoms with E-state index in [-0.39, 0.29) is 13.0 Å². The number of pyridine rings is 1. The van der Waals surface area contributed by atoms with E-state index in [9.17, 15) is 24.7 Å². The van der Waals surface area contributed by atoms with Crippen LogP contribution >= 0.6 is 0 Å². The Morgan fingerprint density at radius 1 is 1.02 bits per heavy atom. The average Bonchev–Trinajstić information content (AvgIpc) is 2.97. The van der Waals surface area contributed by atoms with Gasteiger partial charge in [-0.15, -0.1) is 0 Å². The number of carboxylic acid groups (broad SMARTS) is 1. The third-order valence-electron chi connectivity index (χ3n) is 8.00. The third-order valence-corrected chi connectivity index (χ3v) is 8.00. The van der Waals surface area contributed by atoms with E-state index in [1.165, 1.54) is 6.92 Å².